The first-order chi connectivity index (χ1) is 14.1. The van der Waals surface area contributed by atoms with Crippen LogP contribution in [0.15, 0.2) is 28.8 Å². The number of benzene rings is 1. The lowest BCUT2D eigenvalue weighted by molar-refractivity contribution is -0.190. The number of ketones is 1. The molecule has 0 aliphatic heterocycles. The van der Waals surface area contributed by atoms with Crippen molar-refractivity contribution in [2.75, 3.05) is 6.26 Å². The van der Waals surface area contributed by atoms with Crippen LogP contribution in [0.2, 0.25) is 0 Å². The van der Waals surface area contributed by atoms with E-state index in [9.17, 15) is 31.2 Å². The number of aryl methyl sites for hydroxylation is 1. The molecule has 31 heavy (non-hydrogen) atoms. The summed E-state index contributed by atoms with van der Waals surface area (Å²) in [5.74, 6) is -3.92. The lowest BCUT2D eigenvalue weighted by Crippen LogP contribution is -2.29. The van der Waals surface area contributed by atoms with Crippen LogP contribution in [0.1, 0.15) is 47.8 Å². The maximum Gasteiger partial charge on any atom is 0.491 e. The SMILES string of the molecule is CC(C)=C(C)c1c(S(C)(=O)=O)ccc(C(=O)c2cnn(C)c2OC(=O)C(F)(F)F)c1C. The summed E-state index contributed by atoms with van der Waals surface area (Å²) in [7, 11) is -2.42. The van der Waals surface area contributed by atoms with E-state index in [1.807, 2.05) is 0 Å². The van der Waals surface area contributed by atoms with Crippen LogP contribution in [0.5, 0.6) is 5.88 Å². The van der Waals surface area contributed by atoms with E-state index in [1.54, 1.807) is 27.7 Å². The summed E-state index contributed by atoms with van der Waals surface area (Å²) in [6.45, 7) is 6.82. The fraction of sp³-hybridized carbons (Fsp3) is 0.350. The Balaban J connectivity index is 2.70. The van der Waals surface area contributed by atoms with Crippen LogP contribution in [0, 0.1) is 6.92 Å². The molecule has 2 rings (SSSR count). The van der Waals surface area contributed by atoms with Crippen molar-refractivity contribution in [2.24, 2.45) is 7.05 Å². The third kappa shape index (κ3) is 4.87. The maximum absolute atomic E-state index is 13.1. The minimum absolute atomic E-state index is 0.0233. The molecule has 1 aromatic heterocycles. The van der Waals surface area contributed by atoms with Gasteiger partial charge in [0.15, 0.2) is 15.6 Å². The second-order valence-corrected chi connectivity index (χ2v) is 9.20. The van der Waals surface area contributed by atoms with Gasteiger partial charge in [-0.05, 0) is 56.5 Å². The number of carbonyl (C=O) groups is 2. The van der Waals surface area contributed by atoms with Crippen LogP contribution in [0.25, 0.3) is 5.57 Å². The average Bonchev–Trinajstić information content (AvgIpc) is 2.99. The molecule has 0 atom stereocenters. The third-order valence-electron chi connectivity index (χ3n) is 4.75. The number of allylic oxidation sites excluding steroid dienone is 2. The molecule has 7 nitrogen and oxygen atoms in total. The molecule has 0 bridgehead atoms. The Hall–Kier alpha value is -2.95. The van der Waals surface area contributed by atoms with Gasteiger partial charge in [0.25, 0.3) is 0 Å². The normalized spacial score (nSPS) is 11.9. The number of alkyl halides is 3. The van der Waals surface area contributed by atoms with Crippen molar-refractivity contribution < 1.29 is 35.9 Å². The Kier molecular flexibility index (Phi) is 6.51. The van der Waals surface area contributed by atoms with Gasteiger partial charge in [-0.1, -0.05) is 5.57 Å². The molecule has 0 N–H and O–H groups in total. The summed E-state index contributed by atoms with van der Waals surface area (Å²) in [6.07, 6.45) is -3.23. The van der Waals surface area contributed by atoms with Crippen molar-refractivity contribution in [2.45, 2.75) is 38.8 Å². The van der Waals surface area contributed by atoms with Crippen LogP contribution >= 0.6 is 0 Å². The third-order valence-corrected chi connectivity index (χ3v) is 5.88. The first-order valence-electron chi connectivity index (χ1n) is 8.91. The molecule has 0 fully saturated rings. The smallest absolute Gasteiger partial charge is 0.400 e. The van der Waals surface area contributed by atoms with Crippen molar-refractivity contribution >= 4 is 27.2 Å². The molecule has 1 aromatic carbocycles. The van der Waals surface area contributed by atoms with Gasteiger partial charge in [0.2, 0.25) is 5.88 Å². The highest BCUT2D eigenvalue weighted by molar-refractivity contribution is 7.90. The van der Waals surface area contributed by atoms with Crippen LogP contribution in [0.4, 0.5) is 13.2 Å². The van der Waals surface area contributed by atoms with Gasteiger partial charge in [0.05, 0.1) is 11.1 Å². The Bertz CT molecular complexity index is 1200. The summed E-state index contributed by atoms with van der Waals surface area (Å²) >= 11 is 0. The van der Waals surface area contributed by atoms with Crippen molar-refractivity contribution in [3.63, 3.8) is 0 Å². The molecule has 2 aromatic rings. The summed E-state index contributed by atoms with van der Waals surface area (Å²) in [5, 5.41) is 3.72. The second kappa shape index (κ2) is 8.29. The zero-order chi connectivity index (χ0) is 23.9. The summed E-state index contributed by atoms with van der Waals surface area (Å²) in [5.41, 5.74) is 1.80. The molecule has 0 unspecified atom stereocenters. The number of nitrogens with zero attached hydrogens (tertiary/aromatic N) is 2. The van der Waals surface area contributed by atoms with Crippen LogP contribution < -0.4 is 4.74 Å². The first-order valence-corrected chi connectivity index (χ1v) is 10.8. The lowest BCUT2D eigenvalue weighted by atomic mass is 9.91. The minimum Gasteiger partial charge on any atom is -0.400 e. The molecule has 0 aliphatic carbocycles. The number of esters is 1. The number of halogens is 3. The molecule has 0 spiro atoms. The van der Waals surface area contributed by atoms with E-state index < -0.39 is 33.6 Å². The minimum atomic E-state index is -5.26. The number of rotatable bonds is 5. The Morgan fingerprint density at radius 1 is 1.10 bits per heavy atom. The number of hydrogen-bond donors (Lipinski definition) is 0. The molecule has 0 radical (unpaired) electrons. The topological polar surface area (TPSA) is 95.3 Å². The highest BCUT2D eigenvalue weighted by Crippen LogP contribution is 2.33. The average molecular weight is 458 g/mol. The molecule has 168 valence electrons. The molecule has 1 heterocycles. The molecule has 0 amide bonds. The standard InChI is InChI=1S/C20H21F3N2O5S/c1-10(2)11(3)16-12(4)13(7-8-15(16)31(6,28)29)17(26)14-9-24-25(5)18(14)30-19(27)20(21,22)23/h7-9H,1-6H3. The van der Waals surface area contributed by atoms with Gasteiger partial charge >= 0.3 is 12.1 Å². The van der Waals surface area contributed by atoms with Crippen molar-refractivity contribution in [1.29, 1.82) is 0 Å². The van der Waals surface area contributed by atoms with E-state index in [-0.39, 0.29) is 16.0 Å². The van der Waals surface area contributed by atoms with E-state index in [1.165, 1.54) is 19.2 Å². The van der Waals surface area contributed by atoms with E-state index in [0.29, 0.717) is 16.7 Å². The van der Waals surface area contributed by atoms with Gasteiger partial charge in [-0.3, -0.25) is 4.79 Å². The zero-order valence-corrected chi connectivity index (χ0v) is 18.5. The Morgan fingerprint density at radius 2 is 1.68 bits per heavy atom. The van der Waals surface area contributed by atoms with Gasteiger partial charge < -0.3 is 4.74 Å². The summed E-state index contributed by atoms with van der Waals surface area (Å²) < 4.78 is 67.6. The number of sulfone groups is 1. The van der Waals surface area contributed by atoms with E-state index >= 15 is 0 Å². The monoisotopic (exact) mass is 458 g/mol. The van der Waals surface area contributed by atoms with Gasteiger partial charge in [-0.25, -0.2) is 17.9 Å². The summed E-state index contributed by atoms with van der Waals surface area (Å²) in [4.78, 5) is 24.4. The van der Waals surface area contributed by atoms with E-state index in [2.05, 4.69) is 9.84 Å². The largest absolute Gasteiger partial charge is 0.491 e. The summed E-state index contributed by atoms with van der Waals surface area (Å²) in [6, 6.07) is 2.55. The van der Waals surface area contributed by atoms with Gasteiger partial charge in [0, 0.05) is 18.9 Å². The number of carbonyl (C=O) groups excluding carboxylic acids is 2. The van der Waals surface area contributed by atoms with Crippen LogP contribution in [-0.2, 0) is 21.7 Å². The number of hydrogen-bond acceptors (Lipinski definition) is 6. The highest BCUT2D eigenvalue weighted by atomic mass is 32.2. The van der Waals surface area contributed by atoms with Gasteiger partial charge in [-0.15, -0.1) is 0 Å². The molecular weight excluding hydrogens is 437 g/mol. The highest BCUT2D eigenvalue weighted by Gasteiger charge is 2.42. The number of aromatic nitrogens is 2. The van der Waals surface area contributed by atoms with Crippen molar-refractivity contribution in [3.05, 3.63) is 46.2 Å². The van der Waals surface area contributed by atoms with Gasteiger partial charge in [-0.2, -0.15) is 18.3 Å². The molecular formula is C20H21F3N2O5S. The van der Waals surface area contributed by atoms with Crippen molar-refractivity contribution in [1.82, 2.24) is 9.78 Å². The fourth-order valence-corrected chi connectivity index (χ4v) is 3.94. The second-order valence-electron chi connectivity index (χ2n) is 7.21. The number of ether oxygens (including phenoxy) is 1. The lowest BCUT2D eigenvalue weighted by Gasteiger charge is -2.17. The van der Waals surface area contributed by atoms with E-state index in [4.69, 9.17) is 0 Å². The zero-order valence-electron chi connectivity index (χ0n) is 17.7. The quantitative estimate of drug-likeness (QED) is 0.502. The maximum atomic E-state index is 13.1. The van der Waals surface area contributed by atoms with Crippen LogP contribution in [0.3, 0.4) is 0 Å². The predicted octanol–water partition coefficient (Wildman–Crippen LogP) is 3.64. The molecule has 0 saturated heterocycles. The predicted molar refractivity (Wildman–Crippen MR) is 107 cm³/mol. The van der Waals surface area contributed by atoms with Crippen molar-refractivity contribution in [3.8, 4) is 5.88 Å². The molecule has 11 heteroatoms. The Morgan fingerprint density at radius 3 is 2.16 bits per heavy atom. The molecule has 0 aliphatic rings. The van der Waals surface area contributed by atoms with E-state index in [0.717, 1.165) is 22.7 Å². The fourth-order valence-electron chi connectivity index (χ4n) is 2.95. The van der Waals surface area contributed by atoms with Crippen LogP contribution in [-0.4, -0.2) is 42.4 Å². The van der Waals surface area contributed by atoms with Gasteiger partial charge in [0.1, 0.15) is 5.56 Å². The molecule has 0 saturated carbocycles. The Labute approximate surface area is 177 Å². The first kappa shape index (κ1) is 24.3.